The van der Waals surface area contributed by atoms with Gasteiger partial charge in [0, 0.05) is 22.8 Å². The summed E-state index contributed by atoms with van der Waals surface area (Å²) in [4.78, 5) is 13.6. The van der Waals surface area contributed by atoms with E-state index in [1.165, 1.54) is 6.07 Å². The molecule has 16 heavy (non-hydrogen) atoms. The van der Waals surface area contributed by atoms with Gasteiger partial charge in [-0.2, -0.15) is 0 Å². The summed E-state index contributed by atoms with van der Waals surface area (Å²) < 4.78 is 5.12. The number of H-pyrrole nitrogens is 1. The monoisotopic (exact) mass is 235 g/mol. The molecule has 0 aliphatic carbocycles. The maximum Gasteiger partial charge on any atom is 0.247 e. The van der Waals surface area contributed by atoms with Crippen molar-refractivity contribution in [2.45, 2.75) is 0 Å². The number of benzene rings is 1. The molecule has 1 N–H and O–H groups in total. The lowest BCUT2D eigenvalue weighted by Crippen LogP contribution is -2.01. The van der Waals surface area contributed by atoms with Crippen molar-refractivity contribution in [2.24, 2.45) is 0 Å². The molecule has 0 unspecified atom stereocenters. The average Bonchev–Trinajstić information content (AvgIpc) is 2.31. The summed E-state index contributed by atoms with van der Waals surface area (Å²) in [6.45, 7) is 0. The van der Waals surface area contributed by atoms with Gasteiger partial charge in [0.1, 0.15) is 5.75 Å². The van der Waals surface area contributed by atoms with Crippen LogP contribution in [-0.2, 0) is 0 Å². The summed E-state index contributed by atoms with van der Waals surface area (Å²) in [6.07, 6.45) is 1.63. The first-order valence-electron chi connectivity index (χ1n) is 4.73. The Labute approximate surface area is 97.7 Å². The molecule has 0 spiro atoms. The zero-order valence-electron chi connectivity index (χ0n) is 8.66. The standard InChI is InChI=1S/C12H10ClNO2/c1-16-9-3-4-11(13)10(6-9)8-2-5-12(15)14-7-8/h2-7H,1H3,(H,14,15). The van der Waals surface area contributed by atoms with Gasteiger partial charge in [0.05, 0.1) is 7.11 Å². The lowest BCUT2D eigenvalue weighted by molar-refractivity contribution is 0.415. The predicted molar refractivity (Wildman–Crippen MR) is 64.1 cm³/mol. The van der Waals surface area contributed by atoms with Crippen LogP contribution in [0.3, 0.4) is 0 Å². The summed E-state index contributed by atoms with van der Waals surface area (Å²) >= 11 is 6.08. The maximum absolute atomic E-state index is 10.9. The van der Waals surface area contributed by atoms with Crippen LogP contribution in [0.1, 0.15) is 0 Å². The number of ether oxygens (including phenoxy) is 1. The zero-order chi connectivity index (χ0) is 11.5. The molecule has 1 aromatic heterocycles. The van der Waals surface area contributed by atoms with Crippen LogP contribution in [0.2, 0.25) is 5.02 Å². The van der Waals surface area contributed by atoms with Crippen LogP contribution in [0.4, 0.5) is 0 Å². The fourth-order valence-electron chi connectivity index (χ4n) is 1.43. The Hall–Kier alpha value is -1.74. The predicted octanol–water partition coefficient (Wildman–Crippen LogP) is 2.70. The minimum Gasteiger partial charge on any atom is -0.497 e. The van der Waals surface area contributed by atoms with E-state index in [1.807, 2.05) is 6.07 Å². The van der Waals surface area contributed by atoms with E-state index in [2.05, 4.69) is 4.98 Å². The summed E-state index contributed by atoms with van der Waals surface area (Å²) in [6, 6.07) is 8.57. The van der Waals surface area contributed by atoms with Crippen molar-refractivity contribution in [3.05, 3.63) is 51.9 Å². The summed E-state index contributed by atoms with van der Waals surface area (Å²) in [5, 5.41) is 0.618. The van der Waals surface area contributed by atoms with Crippen molar-refractivity contribution < 1.29 is 4.74 Å². The lowest BCUT2D eigenvalue weighted by atomic mass is 10.1. The van der Waals surface area contributed by atoms with Gasteiger partial charge in [-0.1, -0.05) is 11.6 Å². The van der Waals surface area contributed by atoms with Crippen molar-refractivity contribution in [3.63, 3.8) is 0 Å². The van der Waals surface area contributed by atoms with Gasteiger partial charge in [-0.15, -0.1) is 0 Å². The fraction of sp³-hybridized carbons (Fsp3) is 0.0833. The number of aromatic amines is 1. The molecule has 0 amide bonds. The second-order valence-electron chi connectivity index (χ2n) is 3.29. The van der Waals surface area contributed by atoms with Gasteiger partial charge in [0.2, 0.25) is 5.56 Å². The first-order chi connectivity index (χ1) is 7.70. The summed E-state index contributed by atoms with van der Waals surface area (Å²) in [5.41, 5.74) is 1.54. The maximum atomic E-state index is 10.9. The molecule has 1 aromatic carbocycles. The SMILES string of the molecule is COc1ccc(Cl)c(-c2ccc(=O)[nH]c2)c1. The number of hydrogen-bond acceptors (Lipinski definition) is 2. The van der Waals surface area contributed by atoms with E-state index < -0.39 is 0 Å². The van der Waals surface area contributed by atoms with Gasteiger partial charge in [0.25, 0.3) is 0 Å². The van der Waals surface area contributed by atoms with Gasteiger partial charge in [-0.25, -0.2) is 0 Å². The molecule has 82 valence electrons. The number of halogens is 1. The Morgan fingerprint density at radius 3 is 2.69 bits per heavy atom. The van der Waals surface area contributed by atoms with Crippen LogP contribution >= 0.6 is 11.6 Å². The van der Waals surface area contributed by atoms with Crippen molar-refractivity contribution in [2.75, 3.05) is 7.11 Å². The van der Waals surface area contributed by atoms with E-state index in [0.717, 1.165) is 16.9 Å². The highest BCUT2D eigenvalue weighted by Gasteiger charge is 2.05. The van der Waals surface area contributed by atoms with E-state index in [1.54, 1.807) is 31.5 Å². The van der Waals surface area contributed by atoms with Crippen LogP contribution in [0.5, 0.6) is 5.75 Å². The Kier molecular flexibility index (Phi) is 2.97. The van der Waals surface area contributed by atoms with E-state index in [-0.39, 0.29) is 5.56 Å². The Morgan fingerprint density at radius 1 is 1.25 bits per heavy atom. The molecular weight excluding hydrogens is 226 g/mol. The third-order valence-corrected chi connectivity index (χ3v) is 2.60. The van der Waals surface area contributed by atoms with Gasteiger partial charge in [-0.05, 0) is 29.8 Å². The average molecular weight is 236 g/mol. The number of pyridine rings is 1. The second kappa shape index (κ2) is 4.41. The minimum absolute atomic E-state index is 0.136. The molecule has 0 aliphatic rings. The fourth-order valence-corrected chi connectivity index (χ4v) is 1.66. The summed E-state index contributed by atoms with van der Waals surface area (Å²) in [5.74, 6) is 0.727. The number of rotatable bonds is 2. The van der Waals surface area contributed by atoms with E-state index in [4.69, 9.17) is 16.3 Å². The lowest BCUT2D eigenvalue weighted by Gasteiger charge is -2.06. The van der Waals surface area contributed by atoms with Crippen LogP contribution in [0.15, 0.2) is 41.3 Å². The molecule has 0 aliphatic heterocycles. The zero-order valence-corrected chi connectivity index (χ0v) is 9.41. The third kappa shape index (κ3) is 2.09. The minimum atomic E-state index is -0.136. The van der Waals surface area contributed by atoms with Crippen LogP contribution in [0, 0.1) is 0 Å². The van der Waals surface area contributed by atoms with Gasteiger partial charge in [0.15, 0.2) is 0 Å². The van der Waals surface area contributed by atoms with Crippen LogP contribution in [-0.4, -0.2) is 12.1 Å². The number of methoxy groups -OCH3 is 1. The van der Waals surface area contributed by atoms with Gasteiger partial charge in [-0.3, -0.25) is 4.79 Å². The Balaban J connectivity index is 2.54. The normalized spacial score (nSPS) is 10.1. The van der Waals surface area contributed by atoms with Gasteiger partial charge < -0.3 is 9.72 Å². The summed E-state index contributed by atoms with van der Waals surface area (Å²) in [7, 11) is 1.60. The van der Waals surface area contributed by atoms with E-state index >= 15 is 0 Å². The Bertz CT molecular complexity index is 543. The molecule has 3 nitrogen and oxygen atoms in total. The van der Waals surface area contributed by atoms with Crippen molar-refractivity contribution >= 4 is 11.6 Å². The molecule has 4 heteroatoms. The largest absolute Gasteiger partial charge is 0.497 e. The number of nitrogens with one attached hydrogen (secondary N) is 1. The molecular formula is C12H10ClNO2. The highest BCUT2D eigenvalue weighted by Crippen LogP contribution is 2.30. The third-order valence-electron chi connectivity index (χ3n) is 2.27. The Morgan fingerprint density at radius 2 is 2.06 bits per heavy atom. The molecule has 0 fully saturated rings. The molecule has 0 bridgehead atoms. The van der Waals surface area contributed by atoms with Crippen molar-refractivity contribution in [1.82, 2.24) is 4.98 Å². The first-order valence-corrected chi connectivity index (χ1v) is 5.11. The smallest absolute Gasteiger partial charge is 0.247 e. The highest BCUT2D eigenvalue weighted by atomic mass is 35.5. The quantitative estimate of drug-likeness (QED) is 0.870. The second-order valence-corrected chi connectivity index (χ2v) is 3.69. The topological polar surface area (TPSA) is 42.1 Å². The van der Waals surface area contributed by atoms with E-state index in [9.17, 15) is 4.79 Å². The van der Waals surface area contributed by atoms with Crippen LogP contribution < -0.4 is 10.3 Å². The van der Waals surface area contributed by atoms with Crippen molar-refractivity contribution in [1.29, 1.82) is 0 Å². The molecule has 0 saturated carbocycles. The van der Waals surface area contributed by atoms with Crippen molar-refractivity contribution in [3.8, 4) is 16.9 Å². The van der Waals surface area contributed by atoms with Gasteiger partial charge >= 0.3 is 0 Å². The molecule has 2 aromatic rings. The van der Waals surface area contributed by atoms with Crippen LogP contribution in [0.25, 0.3) is 11.1 Å². The molecule has 1 heterocycles. The highest BCUT2D eigenvalue weighted by molar-refractivity contribution is 6.33. The molecule has 2 rings (SSSR count). The number of aromatic nitrogens is 1. The molecule has 0 atom stereocenters. The van der Waals surface area contributed by atoms with E-state index in [0.29, 0.717) is 5.02 Å². The molecule has 0 saturated heterocycles. The number of hydrogen-bond donors (Lipinski definition) is 1. The first kappa shape index (κ1) is 10.8. The molecule has 0 radical (unpaired) electrons.